The maximum Gasteiger partial charge on any atom is 0.173 e. The van der Waals surface area contributed by atoms with E-state index in [9.17, 15) is 8.78 Å². The molecule has 0 radical (unpaired) electrons. The topological polar surface area (TPSA) is 12.5 Å². The maximum absolute atomic E-state index is 13.1. The van der Waals surface area contributed by atoms with E-state index in [0.29, 0.717) is 12.2 Å². The highest BCUT2D eigenvalue weighted by molar-refractivity contribution is 9.10. The predicted octanol–water partition coefficient (Wildman–Crippen LogP) is 2.80. The number of rotatable bonds is 1. The van der Waals surface area contributed by atoms with E-state index < -0.39 is 11.6 Å². The van der Waals surface area contributed by atoms with Crippen LogP contribution in [0, 0.1) is 11.6 Å². The Morgan fingerprint density at radius 2 is 2.00 bits per heavy atom. The van der Waals surface area contributed by atoms with Crippen LogP contribution in [0.1, 0.15) is 11.7 Å². The van der Waals surface area contributed by atoms with Crippen molar-refractivity contribution in [3.8, 4) is 0 Å². The summed E-state index contributed by atoms with van der Waals surface area (Å²) in [7, 11) is 0. The molecule has 0 aliphatic carbocycles. The number of halogens is 3. The molecule has 1 nitrogen and oxygen atoms in total. The van der Waals surface area contributed by atoms with Gasteiger partial charge in [-0.25, -0.2) is 8.78 Å². The van der Waals surface area contributed by atoms with Gasteiger partial charge in [0.25, 0.3) is 0 Å². The van der Waals surface area contributed by atoms with Gasteiger partial charge >= 0.3 is 0 Å². The van der Waals surface area contributed by atoms with E-state index in [2.05, 4.69) is 15.9 Å². The van der Waals surface area contributed by atoms with Gasteiger partial charge in [-0.15, -0.1) is 0 Å². The summed E-state index contributed by atoms with van der Waals surface area (Å²) in [6, 6.07) is 3.01. The zero-order chi connectivity index (χ0) is 8.72. The van der Waals surface area contributed by atoms with Crippen molar-refractivity contribution in [2.24, 2.45) is 0 Å². The molecule has 0 N–H and O–H groups in total. The van der Waals surface area contributed by atoms with Crippen LogP contribution < -0.4 is 0 Å². The van der Waals surface area contributed by atoms with Crippen molar-refractivity contribution in [3.63, 3.8) is 0 Å². The number of epoxide rings is 1. The summed E-state index contributed by atoms with van der Waals surface area (Å²) in [5.74, 6) is -1.66. The molecule has 1 heterocycles. The molecule has 1 unspecified atom stereocenters. The summed E-state index contributed by atoms with van der Waals surface area (Å²) in [5, 5.41) is 0. The van der Waals surface area contributed by atoms with Gasteiger partial charge in [0.2, 0.25) is 0 Å². The van der Waals surface area contributed by atoms with E-state index >= 15 is 0 Å². The van der Waals surface area contributed by atoms with Crippen LogP contribution in [0.25, 0.3) is 0 Å². The van der Waals surface area contributed by atoms with E-state index in [1.165, 1.54) is 12.1 Å². The lowest BCUT2D eigenvalue weighted by atomic mass is 10.1. The molecule has 0 amide bonds. The first-order valence-electron chi connectivity index (χ1n) is 3.45. The zero-order valence-corrected chi connectivity index (χ0v) is 7.57. The number of benzene rings is 1. The van der Waals surface area contributed by atoms with Crippen LogP contribution in [0.3, 0.4) is 0 Å². The van der Waals surface area contributed by atoms with Crippen molar-refractivity contribution in [3.05, 3.63) is 33.8 Å². The SMILES string of the molecule is Fc1c(Br)ccc(C2CO2)c1F. The van der Waals surface area contributed by atoms with Crippen LogP contribution in [-0.2, 0) is 4.74 Å². The highest BCUT2D eigenvalue weighted by Gasteiger charge is 2.29. The van der Waals surface area contributed by atoms with Gasteiger partial charge in [0.15, 0.2) is 11.6 Å². The summed E-state index contributed by atoms with van der Waals surface area (Å²) in [6.07, 6.45) is -0.243. The Kier molecular flexibility index (Phi) is 1.88. The molecule has 0 bridgehead atoms. The van der Waals surface area contributed by atoms with E-state index in [1.54, 1.807) is 0 Å². The van der Waals surface area contributed by atoms with Crippen molar-refractivity contribution in [2.75, 3.05) is 6.61 Å². The Morgan fingerprint density at radius 1 is 1.33 bits per heavy atom. The Hall–Kier alpha value is -0.480. The zero-order valence-electron chi connectivity index (χ0n) is 5.98. The smallest absolute Gasteiger partial charge is 0.173 e. The normalized spacial score (nSPS) is 21.1. The molecular formula is C8H5BrF2O. The fourth-order valence-electron chi connectivity index (χ4n) is 1.02. The van der Waals surface area contributed by atoms with Crippen LogP contribution in [0.5, 0.6) is 0 Å². The summed E-state index contributed by atoms with van der Waals surface area (Å²) in [4.78, 5) is 0. The van der Waals surface area contributed by atoms with Gasteiger partial charge in [-0.1, -0.05) is 6.07 Å². The van der Waals surface area contributed by atoms with Crippen molar-refractivity contribution in [1.29, 1.82) is 0 Å². The summed E-state index contributed by atoms with van der Waals surface area (Å²) < 4.78 is 31.0. The fourth-order valence-corrected chi connectivity index (χ4v) is 1.32. The standard InChI is InChI=1S/C8H5BrF2O/c9-5-2-1-4(6-3-12-6)7(10)8(5)11/h1-2,6H,3H2. The Morgan fingerprint density at radius 3 is 2.58 bits per heavy atom. The molecular weight excluding hydrogens is 230 g/mol. The summed E-state index contributed by atoms with van der Waals surface area (Å²) >= 11 is 2.89. The molecule has 1 fully saturated rings. The fraction of sp³-hybridized carbons (Fsp3) is 0.250. The van der Waals surface area contributed by atoms with Crippen LogP contribution in [0.2, 0.25) is 0 Å². The van der Waals surface area contributed by atoms with Crippen LogP contribution in [-0.4, -0.2) is 6.61 Å². The monoisotopic (exact) mass is 234 g/mol. The summed E-state index contributed by atoms with van der Waals surface area (Å²) in [5.41, 5.74) is 0.302. The van der Waals surface area contributed by atoms with Gasteiger partial charge in [0, 0.05) is 5.56 Å². The van der Waals surface area contributed by atoms with Crippen LogP contribution in [0.4, 0.5) is 8.78 Å². The van der Waals surface area contributed by atoms with E-state index in [-0.39, 0.29) is 10.6 Å². The molecule has 1 aromatic carbocycles. The Bertz CT molecular complexity index is 323. The van der Waals surface area contributed by atoms with Gasteiger partial charge < -0.3 is 4.74 Å². The van der Waals surface area contributed by atoms with Crippen LogP contribution >= 0.6 is 15.9 Å². The third-order valence-corrected chi connectivity index (χ3v) is 2.36. The largest absolute Gasteiger partial charge is 0.368 e. The second-order valence-electron chi connectivity index (χ2n) is 2.59. The Labute approximate surface area is 76.5 Å². The van der Waals surface area contributed by atoms with Gasteiger partial charge in [0.05, 0.1) is 11.1 Å². The number of ether oxygens (including phenoxy) is 1. The number of hydrogen-bond donors (Lipinski definition) is 0. The van der Waals surface area contributed by atoms with E-state index in [0.717, 1.165) is 0 Å². The van der Waals surface area contributed by atoms with Crippen LogP contribution in [0.15, 0.2) is 16.6 Å². The molecule has 64 valence electrons. The Balaban J connectivity index is 2.49. The molecule has 1 aliphatic heterocycles. The van der Waals surface area contributed by atoms with Gasteiger partial charge in [-0.2, -0.15) is 0 Å². The minimum absolute atomic E-state index is 0.143. The average molecular weight is 235 g/mol. The minimum atomic E-state index is -0.844. The first-order valence-corrected chi connectivity index (χ1v) is 4.24. The first-order chi connectivity index (χ1) is 5.70. The number of hydrogen-bond acceptors (Lipinski definition) is 1. The van der Waals surface area contributed by atoms with Crippen molar-refractivity contribution in [1.82, 2.24) is 0 Å². The van der Waals surface area contributed by atoms with Crippen molar-refractivity contribution >= 4 is 15.9 Å². The highest BCUT2D eigenvalue weighted by Crippen LogP contribution is 2.34. The highest BCUT2D eigenvalue weighted by atomic mass is 79.9. The van der Waals surface area contributed by atoms with E-state index in [4.69, 9.17) is 4.74 Å². The van der Waals surface area contributed by atoms with Gasteiger partial charge in [-0.3, -0.25) is 0 Å². The van der Waals surface area contributed by atoms with Gasteiger partial charge in [0.1, 0.15) is 6.10 Å². The molecule has 2 rings (SSSR count). The second-order valence-corrected chi connectivity index (χ2v) is 3.44. The quantitative estimate of drug-likeness (QED) is 0.538. The molecule has 12 heavy (non-hydrogen) atoms. The van der Waals surface area contributed by atoms with E-state index in [1.807, 2.05) is 0 Å². The minimum Gasteiger partial charge on any atom is -0.368 e. The lowest BCUT2D eigenvalue weighted by Gasteiger charge is -2.00. The molecule has 1 saturated heterocycles. The molecule has 0 aromatic heterocycles. The predicted molar refractivity (Wildman–Crippen MR) is 42.8 cm³/mol. The lowest BCUT2D eigenvalue weighted by Crippen LogP contribution is -1.93. The average Bonchev–Trinajstić information content (AvgIpc) is 2.84. The van der Waals surface area contributed by atoms with Crippen molar-refractivity contribution < 1.29 is 13.5 Å². The summed E-state index contributed by atoms with van der Waals surface area (Å²) in [6.45, 7) is 0.484. The molecule has 0 spiro atoms. The second kappa shape index (κ2) is 2.78. The maximum atomic E-state index is 13.1. The third-order valence-electron chi connectivity index (χ3n) is 1.75. The molecule has 1 aromatic rings. The molecule has 1 atom stereocenters. The van der Waals surface area contributed by atoms with Gasteiger partial charge in [-0.05, 0) is 22.0 Å². The molecule has 1 aliphatic rings. The molecule has 4 heteroatoms. The molecule has 0 saturated carbocycles. The first kappa shape index (κ1) is 8.13. The third kappa shape index (κ3) is 1.25. The van der Waals surface area contributed by atoms with Crippen molar-refractivity contribution in [2.45, 2.75) is 6.10 Å². The lowest BCUT2D eigenvalue weighted by molar-refractivity contribution is 0.401.